The lowest BCUT2D eigenvalue weighted by Gasteiger charge is -2.11. The summed E-state index contributed by atoms with van der Waals surface area (Å²) in [4.78, 5) is 15.1. The Morgan fingerprint density at radius 2 is 2.18 bits per heavy atom. The molecular formula is C10H12BrClN4O. The zero-order valence-corrected chi connectivity index (χ0v) is 11.7. The highest BCUT2D eigenvalue weighted by atomic mass is 79.9. The van der Waals surface area contributed by atoms with Gasteiger partial charge in [0.15, 0.2) is 5.96 Å². The molecule has 0 saturated carbocycles. The van der Waals surface area contributed by atoms with E-state index in [9.17, 15) is 4.79 Å². The van der Waals surface area contributed by atoms with E-state index in [4.69, 9.17) is 17.3 Å². The van der Waals surface area contributed by atoms with Gasteiger partial charge in [0.1, 0.15) is 0 Å². The number of aliphatic imine (C=N–C) groups is 1. The Bertz CT molecular complexity index is 452. The zero-order valence-electron chi connectivity index (χ0n) is 9.34. The fourth-order valence-corrected chi connectivity index (χ4v) is 2.20. The van der Waals surface area contributed by atoms with Crippen molar-refractivity contribution >= 4 is 45.2 Å². The lowest BCUT2D eigenvalue weighted by molar-refractivity contribution is 0.256. The van der Waals surface area contributed by atoms with Crippen molar-refractivity contribution in [3.63, 3.8) is 0 Å². The molecule has 1 aromatic rings. The van der Waals surface area contributed by atoms with E-state index in [0.29, 0.717) is 10.7 Å². The molecule has 17 heavy (non-hydrogen) atoms. The Labute approximate surface area is 113 Å². The number of carbonyl (C=O) groups excluding carboxylic acids is 1. The fourth-order valence-electron chi connectivity index (χ4n) is 1.18. The Morgan fingerprint density at radius 3 is 2.71 bits per heavy atom. The monoisotopic (exact) mass is 318 g/mol. The van der Waals surface area contributed by atoms with Crippen LogP contribution in [0, 0.1) is 6.92 Å². The van der Waals surface area contributed by atoms with E-state index in [1.165, 1.54) is 7.05 Å². The van der Waals surface area contributed by atoms with Crippen LogP contribution in [0.3, 0.4) is 0 Å². The van der Waals surface area contributed by atoms with Gasteiger partial charge < -0.3 is 11.1 Å². The maximum Gasteiger partial charge on any atom is 0.326 e. The molecule has 4 N–H and O–H groups in total. The summed E-state index contributed by atoms with van der Waals surface area (Å²) in [5.41, 5.74) is 6.74. The summed E-state index contributed by atoms with van der Waals surface area (Å²) in [7, 11) is 1.48. The summed E-state index contributed by atoms with van der Waals surface area (Å²) >= 11 is 9.33. The zero-order chi connectivity index (χ0) is 13.0. The third-order valence-corrected chi connectivity index (χ3v) is 2.73. The minimum atomic E-state index is -0.486. The van der Waals surface area contributed by atoms with Gasteiger partial charge >= 0.3 is 6.03 Å². The molecule has 0 aliphatic carbocycles. The van der Waals surface area contributed by atoms with Crippen molar-refractivity contribution in [3.8, 4) is 0 Å². The number of rotatable bonds is 1. The van der Waals surface area contributed by atoms with Crippen LogP contribution in [0.1, 0.15) is 5.56 Å². The summed E-state index contributed by atoms with van der Waals surface area (Å²) in [5.74, 6) is 0.0355. The van der Waals surface area contributed by atoms with Gasteiger partial charge in [-0.15, -0.1) is 0 Å². The number of anilines is 1. The van der Waals surface area contributed by atoms with E-state index < -0.39 is 6.03 Å². The van der Waals surface area contributed by atoms with Gasteiger partial charge in [-0.05, 0) is 24.6 Å². The third kappa shape index (κ3) is 3.90. The molecule has 1 rings (SSSR count). The highest BCUT2D eigenvalue weighted by Crippen LogP contribution is 2.29. The van der Waals surface area contributed by atoms with Crippen LogP contribution >= 0.6 is 27.5 Å². The van der Waals surface area contributed by atoms with Crippen LogP contribution in [-0.4, -0.2) is 19.0 Å². The maximum absolute atomic E-state index is 11.5. The number of aryl methyl sites for hydroxylation is 1. The Hall–Kier alpha value is -1.27. The van der Waals surface area contributed by atoms with E-state index in [-0.39, 0.29) is 5.96 Å². The summed E-state index contributed by atoms with van der Waals surface area (Å²) in [6.07, 6.45) is 0. The van der Waals surface area contributed by atoms with Crippen LogP contribution in [0.25, 0.3) is 0 Å². The molecule has 0 saturated heterocycles. The summed E-state index contributed by atoms with van der Waals surface area (Å²) in [5, 5.41) is 5.41. The van der Waals surface area contributed by atoms with Gasteiger partial charge in [0.25, 0.3) is 0 Å². The fraction of sp³-hybridized carbons (Fsp3) is 0.200. The first-order chi connectivity index (χ1) is 7.93. The van der Waals surface area contributed by atoms with Crippen molar-refractivity contribution in [2.75, 3.05) is 12.4 Å². The third-order valence-electron chi connectivity index (χ3n) is 1.97. The molecule has 5 nitrogen and oxygen atoms in total. The first kappa shape index (κ1) is 13.8. The molecule has 0 fully saturated rings. The number of nitrogens with zero attached hydrogens (tertiary/aromatic N) is 1. The minimum Gasteiger partial charge on any atom is -0.370 e. The average molecular weight is 320 g/mol. The smallest absolute Gasteiger partial charge is 0.326 e. The molecule has 2 amide bonds. The number of carbonyl (C=O) groups is 1. The van der Waals surface area contributed by atoms with E-state index in [0.717, 1.165) is 10.0 Å². The predicted molar refractivity (Wildman–Crippen MR) is 73.6 cm³/mol. The summed E-state index contributed by atoms with van der Waals surface area (Å²) in [6.45, 7) is 1.84. The first-order valence-corrected chi connectivity index (χ1v) is 5.87. The Balaban J connectivity index is 2.85. The molecule has 0 radical (unpaired) electrons. The number of halogens is 2. The predicted octanol–water partition coefficient (Wildman–Crippen LogP) is 2.48. The van der Waals surface area contributed by atoms with Crippen molar-refractivity contribution in [2.45, 2.75) is 6.92 Å². The van der Waals surface area contributed by atoms with Crippen LogP contribution in [0.4, 0.5) is 10.5 Å². The van der Waals surface area contributed by atoms with Gasteiger partial charge in [0, 0.05) is 11.5 Å². The molecule has 0 aliphatic rings. The van der Waals surface area contributed by atoms with Gasteiger partial charge in [0.05, 0.1) is 10.7 Å². The molecule has 0 aliphatic heterocycles. The maximum atomic E-state index is 11.5. The van der Waals surface area contributed by atoms with E-state index in [2.05, 4.69) is 31.6 Å². The lowest BCUT2D eigenvalue weighted by Crippen LogP contribution is -2.39. The molecule has 92 valence electrons. The van der Waals surface area contributed by atoms with Gasteiger partial charge in [-0.3, -0.25) is 10.3 Å². The second-order valence-corrected chi connectivity index (χ2v) is 4.59. The number of urea groups is 1. The minimum absolute atomic E-state index is 0.0355. The molecule has 1 aromatic carbocycles. The quantitative estimate of drug-likeness (QED) is 0.549. The number of guanidine groups is 1. The topological polar surface area (TPSA) is 79.5 Å². The van der Waals surface area contributed by atoms with Crippen molar-refractivity contribution in [1.82, 2.24) is 5.32 Å². The molecule has 0 atom stereocenters. The normalized spacial score (nSPS) is 11.2. The van der Waals surface area contributed by atoms with Crippen molar-refractivity contribution in [2.24, 2.45) is 10.7 Å². The lowest BCUT2D eigenvalue weighted by atomic mass is 10.2. The Morgan fingerprint density at radius 1 is 1.53 bits per heavy atom. The number of amides is 2. The molecule has 0 spiro atoms. The van der Waals surface area contributed by atoms with Crippen LogP contribution in [-0.2, 0) is 0 Å². The number of nitrogens with one attached hydrogen (secondary N) is 2. The van der Waals surface area contributed by atoms with Crippen LogP contribution in [0.2, 0.25) is 5.02 Å². The van der Waals surface area contributed by atoms with Crippen molar-refractivity contribution in [1.29, 1.82) is 0 Å². The van der Waals surface area contributed by atoms with E-state index in [1.54, 1.807) is 6.07 Å². The molecular weight excluding hydrogens is 307 g/mol. The second kappa shape index (κ2) is 5.88. The summed E-state index contributed by atoms with van der Waals surface area (Å²) < 4.78 is 0.848. The second-order valence-electron chi connectivity index (χ2n) is 3.27. The largest absolute Gasteiger partial charge is 0.370 e. The number of nitrogens with two attached hydrogens (primary N) is 1. The average Bonchev–Trinajstić information content (AvgIpc) is 2.23. The number of hydrogen-bond acceptors (Lipinski definition) is 2. The van der Waals surface area contributed by atoms with Crippen molar-refractivity contribution < 1.29 is 4.79 Å². The standard InChI is InChI=1S/C10H12BrClN4O/c1-5-3-6(11)4-7(12)8(5)15-10(17)16-9(13)14-2/h3-4H,1-2H3,(H4,13,14,15,16,17). The van der Waals surface area contributed by atoms with E-state index in [1.807, 2.05) is 13.0 Å². The van der Waals surface area contributed by atoms with Gasteiger partial charge in [0.2, 0.25) is 0 Å². The first-order valence-electron chi connectivity index (χ1n) is 4.70. The molecule has 7 heteroatoms. The highest BCUT2D eigenvalue weighted by molar-refractivity contribution is 9.10. The number of benzene rings is 1. The molecule has 0 aromatic heterocycles. The highest BCUT2D eigenvalue weighted by Gasteiger charge is 2.10. The molecule has 0 bridgehead atoms. The van der Waals surface area contributed by atoms with Gasteiger partial charge in [-0.25, -0.2) is 4.79 Å². The van der Waals surface area contributed by atoms with E-state index >= 15 is 0 Å². The van der Waals surface area contributed by atoms with Crippen molar-refractivity contribution in [3.05, 3.63) is 27.2 Å². The van der Waals surface area contributed by atoms with Gasteiger partial charge in [-0.2, -0.15) is 0 Å². The summed E-state index contributed by atoms with van der Waals surface area (Å²) in [6, 6.07) is 3.06. The number of hydrogen-bond donors (Lipinski definition) is 3. The molecule has 0 heterocycles. The van der Waals surface area contributed by atoms with Crippen LogP contribution < -0.4 is 16.4 Å². The SMILES string of the molecule is CN=C(N)NC(=O)Nc1c(C)cc(Br)cc1Cl. The Kier molecular flexibility index (Phi) is 4.77. The van der Waals surface area contributed by atoms with Gasteiger partial charge in [-0.1, -0.05) is 27.5 Å². The molecule has 0 unspecified atom stereocenters. The van der Waals surface area contributed by atoms with Crippen LogP contribution in [0.15, 0.2) is 21.6 Å². The van der Waals surface area contributed by atoms with Crippen LogP contribution in [0.5, 0.6) is 0 Å².